The molecule has 2 aromatic carbocycles. The van der Waals surface area contributed by atoms with Crippen LogP contribution in [0.4, 0.5) is 37.8 Å². The first-order chi connectivity index (χ1) is 18.9. The third-order valence-electron chi connectivity index (χ3n) is 6.40. The number of nitrogens with one attached hydrogen (secondary N) is 1. The van der Waals surface area contributed by atoms with E-state index in [1.807, 2.05) is 7.05 Å². The number of allylic oxidation sites excluding steroid dienone is 1. The minimum absolute atomic E-state index is 0.110. The maximum Gasteiger partial charge on any atom is 0.416 e. The molecule has 218 valence electrons. The molecule has 0 unspecified atom stereocenters. The van der Waals surface area contributed by atoms with Crippen molar-refractivity contribution in [2.45, 2.75) is 64.3 Å². The number of rotatable bonds is 13. The summed E-state index contributed by atoms with van der Waals surface area (Å²) in [5, 5.41) is 3.61. The number of hydrogen-bond acceptors (Lipinski definition) is 5. The molecule has 11 heteroatoms. The predicted molar refractivity (Wildman–Crippen MR) is 146 cm³/mol. The van der Waals surface area contributed by atoms with Gasteiger partial charge >= 0.3 is 12.4 Å². The molecule has 0 amide bonds. The average Bonchev–Trinajstić information content (AvgIpc) is 2.88. The maximum absolute atomic E-state index is 13.6. The van der Waals surface area contributed by atoms with Gasteiger partial charge in [-0.15, -0.1) is 0 Å². The summed E-state index contributed by atoms with van der Waals surface area (Å²) in [4.78, 5) is 11.3. The zero-order valence-electron chi connectivity index (χ0n) is 22.7. The molecule has 0 radical (unpaired) electrons. The number of nitrogens with two attached hydrogens (primary N) is 1. The van der Waals surface area contributed by atoms with E-state index in [0.29, 0.717) is 40.3 Å². The van der Waals surface area contributed by atoms with Crippen LogP contribution < -0.4 is 11.1 Å². The number of alkyl halides is 6. The van der Waals surface area contributed by atoms with E-state index in [2.05, 4.69) is 27.1 Å². The summed E-state index contributed by atoms with van der Waals surface area (Å²) >= 11 is 0. The van der Waals surface area contributed by atoms with Crippen LogP contribution in [0.25, 0.3) is 10.9 Å². The lowest BCUT2D eigenvalue weighted by Gasteiger charge is -2.18. The Kier molecular flexibility index (Phi) is 10.9. The van der Waals surface area contributed by atoms with Crippen molar-refractivity contribution < 1.29 is 26.3 Å². The largest absolute Gasteiger partial charge is 0.416 e. The van der Waals surface area contributed by atoms with Gasteiger partial charge in [0, 0.05) is 23.1 Å². The van der Waals surface area contributed by atoms with E-state index >= 15 is 0 Å². The van der Waals surface area contributed by atoms with Crippen molar-refractivity contribution in [3.8, 4) is 0 Å². The lowest BCUT2D eigenvalue weighted by molar-refractivity contribution is -0.137. The summed E-state index contributed by atoms with van der Waals surface area (Å²) in [6.45, 7) is 3.47. The lowest BCUT2D eigenvalue weighted by atomic mass is 10.0. The molecule has 1 aromatic heterocycles. The van der Waals surface area contributed by atoms with Gasteiger partial charge in [-0.3, -0.25) is 4.90 Å². The molecule has 3 rings (SSSR count). The van der Waals surface area contributed by atoms with Gasteiger partial charge in [-0.1, -0.05) is 38.3 Å². The molecule has 0 saturated heterocycles. The smallest absolute Gasteiger partial charge is 0.340 e. The number of aromatic nitrogens is 2. The topological polar surface area (TPSA) is 67.1 Å². The molecule has 3 N–H and O–H groups in total. The highest BCUT2D eigenvalue weighted by molar-refractivity contribution is 5.91. The highest BCUT2D eigenvalue weighted by atomic mass is 19.4. The van der Waals surface area contributed by atoms with Gasteiger partial charge in [-0.2, -0.15) is 26.3 Å². The average molecular weight is 568 g/mol. The molecule has 0 atom stereocenters. The quantitative estimate of drug-likeness (QED) is 0.125. The van der Waals surface area contributed by atoms with Gasteiger partial charge in [0.2, 0.25) is 0 Å². The number of fused-ring (bicyclic) bond motifs is 1. The van der Waals surface area contributed by atoms with Crippen LogP contribution in [-0.2, 0) is 19.1 Å². The lowest BCUT2D eigenvalue weighted by Crippen LogP contribution is -2.21. The van der Waals surface area contributed by atoms with E-state index in [-0.39, 0.29) is 19.4 Å². The van der Waals surface area contributed by atoms with Crippen LogP contribution in [0.3, 0.4) is 0 Å². The predicted octanol–water partition coefficient (Wildman–Crippen LogP) is 7.78. The summed E-state index contributed by atoms with van der Waals surface area (Å²) in [6.07, 6.45) is -3.69. The van der Waals surface area contributed by atoms with Gasteiger partial charge in [-0.25, -0.2) is 9.97 Å². The SMILES string of the molecule is CCCCCCN(C)Cc1nc(Nc2ccc(C(F)(F)F)cc2)c2ccc(C/C(=C\CCN)C(F)(F)F)cc2n1. The van der Waals surface area contributed by atoms with E-state index in [9.17, 15) is 26.3 Å². The Balaban J connectivity index is 1.96. The number of unbranched alkanes of at least 4 members (excludes halogenated alkanes) is 3. The molecule has 40 heavy (non-hydrogen) atoms. The number of hydrogen-bond donors (Lipinski definition) is 2. The number of halogens is 6. The van der Waals surface area contributed by atoms with Gasteiger partial charge in [-0.05, 0) is 74.9 Å². The van der Waals surface area contributed by atoms with Crippen molar-refractivity contribution in [1.29, 1.82) is 0 Å². The fourth-order valence-electron chi connectivity index (χ4n) is 4.27. The van der Waals surface area contributed by atoms with Gasteiger partial charge in [0.05, 0.1) is 17.6 Å². The van der Waals surface area contributed by atoms with Crippen LogP contribution in [0, 0.1) is 0 Å². The number of nitrogens with zero attached hydrogens (tertiary/aromatic N) is 3. The molecule has 1 heterocycles. The molecule has 5 nitrogen and oxygen atoms in total. The molecule has 3 aromatic rings. The fraction of sp³-hybridized carbons (Fsp3) is 0.448. The molecule has 0 spiro atoms. The normalized spacial score (nSPS) is 12.9. The Morgan fingerprint density at radius 1 is 0.975 bits per heavy atom. The minimum atomic E-state index is -4.49. The second-order valence-corrected chi connectivity index (χ2v) is 9.82. The van der Waals surface area contributed by atoms with Crippen molar-refractivity contribution in [2.24, 2.45) is 5.73 Å². The summed E-state index contributed by atoms with van der Waals surface area (Å²) < 4.78 is 79.8. The first-order valence-electron chi connectivity index (χ1n) is 13.3. The van der Waals surface area contributed by atoms with Crippen molar-refractivity contribution >= 4 is 22.4 Å². The zero-order valence-corrected chi connectivity index (χ0v) is 22.7. The van der Waals surface area contributed by atoms with Gasteiger partial charge in [0.1, 0.15) is 11.6 Å². The standard InChI is InChI=1S/C29H35F6N5/c1-3-4-5-6-16-40(2)19-26-38-25-18-20(17-22(8-7-15-36)29(33,34)35)9-14-24(25)27(39-26)37-23-12-10-21(11-13-23)28(30,31)32/h8-14,18H,3-7,15-17,19,36H2,1-2H3,(H,37,38,39)/b22-8+. The zero-order chi connectivity index (χ0) is 29.3. The molecule has 0 aliphatic carbocycles. The summed E-state index contributed by atoms with van der Waals surface area (Å²) in [6, 6.07) is 9.37. The molecular weight excluding hydrogens is 532 g/mol. The molecule has 0 fully saturated rings. The molecule has 0 aliphatic rings. The third-order valence-corrected chi connectivity index (χ3v) is 6.40. The Bertz CT molecular complexity index is 1270. The van der Waals surface area contributed by atoms with Crippen LogP contribution in [-0.4, -0.2) is 41.2 Å². The molecular formula is C29H35F6N5. The van der Waals surface area contributed by atoms with E-state index < -0.39 is 23.5 Å². The van der Waals surface area contributed by atoms with Gasteiger partial charge < -0.3 is 11.1 Å². The maximum atomic E-state index is 13.6. The highest BCUT2D eigenvalue weighted by Crippen LogP contribution is 2.33. The fourth-order valence-corrected chi connectivity index (χ4v) is 4.27. The van der Waals surface area contributed by atoms with Crippen LogP contribution >= 0.6 is 0 Å². The van der Waals surface area contributed by atoms with Crippen LogP contribution in [0.15, 0.2) is 54.1 Å². The highest BCUT2D eigenvalue weighted by Gasteiger charge is 2.33. The minimum Gasteiger partial charge on any atom is -0.340 e. The van der Waals surface area contributed by atoms with Crippen molar-refractivity contribution in [1.82, 2.24) is 14.9 Å². The van der Waals surface area contributed by atoms with E-state index in [4.69, 9.17) is 5.73 Å². The summed E-state index contributed by atoms with van der Waals surface area (Å²) in [5.74, 6) is 0.812. The van der Waals surface area contributed by atoms with Crippen LogP contribution in [0.5, 0.6) is 0 Å². The van der Waals surface area contributed by atoms with Gasteiger partial charge in [0.15, 0.2) is 0 Å². The molecule has 0 bridgehead atoms. The first kappa shape index (κ1) is 31.3. The second kappa shape index (κ2) is 13.9. The number of anilines is 2. The van der Waals surface area contributed by atoms with Crippen LogP contribution in [0.1, 0.15) is 56.0 Å². The number of benzene rings is 2. The Morgan fingerprint density at radius 2 is 1.70 bits per heavy atom. The molecule has 0 aliphatic heterocycles. The van der Waals surface area contributed by atoms with Crippen molar-refractivity contribution in [3.63, 3.8) is 0 Å². The van der Waals surface area contributed by atoms with E-state index in [1.54, 1.807) is 18.2 Å². The Labute approximate surface area is 230 Å². The molecule has 0 saturated carbocycles. The van der Waals surface area contributed by atoms with E-state index in [0.717, 1.165) is 50.4 Å². The van der Waals surface area contributed by atoms with Gasteiger partial charge in [0.25, 0.3) is 0 Å². The van der Waals surface area contributed by atoms with Crippen molar-refractivity contribution in [3.05, 3.63) is 71.1 Å². The van der Waals surface area contributed by atoms with E-state index in [1.165, 1.54) is 12.1 Å². The second-order valence-electron chi connectivity index (χ2n) is 9.82. The first-order valence-corrected chi connectivity index (χ1v) is 13.3. The summed E-state index contributed by atoms with van der Waals surface area (Å²) in [7, 11) is 1.94. The van der Waals surface area contributed by atoms with Crippen molar-refractivity contribution in [2.75, 3.05) is 25.5 Å². The summed E-state index contributed by atoms with van der Waals surface area (Å²) in [5.41, 5.74) is 5.20. The monoisotopic (exact) mass is 567 g/mol. The third kappa shape index (κ3) is 9.19. The Hall–Kier alpha value is -3.18. The van der Waals surface area contributed by atoms with Crippen LogP contribution in [0.2, 0.25) is 0 Å². The Morgan fingerprint density at radius 3 is 2.33 bits per heavy atom.